The first-order valence-electron chi connectivity index (χ1n) is 10.8. The summed E-state index contributed by atoms with van der Waals surface area (Å²) in [4.78, 5) is 17.5. The Labute approximate surface area is 193 Å². The summed E-state index contributed by atoms with van der Waals surface area (Å²) in [6.45, 7) is 6.10. The van der Waals surface area contributed by atoms with Gasteiger partial charge in [-0.25, -0.2) is 13.4 Å². The summed E-state index contributed by atoms with van der Waals surface area (Å²) in [5, 5.41) is 2.87. The third-order valence-corrected chi connectivity index (χ3v) is 7.70. The SMILES string of the molecule is CCN(CC)S(=O)(=O)c1ccc(C)c(C(=O)Nc2ccc(-n3cnc4ccccc43)cc2)c1. The number of hydrogen-bond acceptors (Lipinski definition) is 4. The van der Waals surface area contributed by atoms with Gasteiger partial charge in [0.1, 0.15) is 6.33 Å². The Bertz CT molecular complexity index is 1410. The van der Waals surface area contributed by atoms with Crippen LogP contribution in [0.1, 0.15) is 29.8 Å². The van der Waals surface area contributed by atoms with Crippen LogP contribution in [-0.4, -0.2) is 41.3 Å². The number of nitrogens with one attached hydrogen (secondary N) is 1. The van der Waals surface area contributed by atoms with E-state index in [1.54, 1.807) is 39.2 Å². The molecule has 170 valence electrons. The number of aromatic nitrogens is 2. The monoisotopic (exact) mass is 462 g/mol. The smallest absolute Gasteiger partial charge is 0.255 e. The van der Waals surface area contributed by atoms with Crippen molar-refractivity contribution in [2.75, 3.05) is 18.4 Å². The molecule has 4 aromatic rings. The van der Waals surface area contributed by atoms with Crippen molar-refractivity contribution >= 4 is 32.7 Å². The first-order chi connectivity index (χ1) is 15.8. The molecular formula is C25H26N4O3S. The second kappa shape index (κ2) is 9.17. The van der Waals surface area contributed by atoms with Crippen molar-refractivity contribution in [3.05, 3.63) is 84.2 Å². The molecule has 3 aromatic carbocycles. The summed E-state index contributed by atoms with van der Waals surface area (Å²) in [5.74, 6) is -0.357. The van der Waals surface area contributed by atoms with Gasteiger partial charge in [0.15, 0.2) is 0 Å². The zero-order chi connectivity index (χ0) is 23.6. The molecule has 1 amide bonds. The molecule has 1 N–H and O–H groups in total. The van der Waals surface area contributed by atoms with E-state index in [9.17, 15) is 13.2 Å². The number of hydrogen-bond donors (Lipinski definition) is 1. The van der Waals surface area contributed by atoms with Crippen molar-refractivity contribution in [1.29, 1.82) is 0 Å². The lowest BCUT2D eigenvalue weighted by atomic mass is 10.1. The zero-order valence-electron chi connectivity index (χ0n) is 18.8. The van der Waals surface area contributed by atoms with Crippen molar-refractivity contribution in [3.63, 3.8) is 0 Å². The van der Waals surface area contributed by atoms with Crippen LogP contribution in [0.25, 0.3) is 16.7 Å². The van der Waals surface area contributed by atoms with E-state index in [0.717, 1.165) is 16.7 Å². The molecular weight excluding hydrogens is 436 g/mol. The highest BCUT2D eigenvalue weighted by atomic mass is 32.2. The topological polar surface area (TPSA) is 84.3 Å². The van der Waals surface area contributed by atoms with Gasteiger partial charge in [-0.15, -0.1) is 0 Å². The molecule has 1 heterocycles. The minimum absolute atomic E-state index is 0.115. The Morgan fingerprint density at radius 3 is 2.39 bits per heavy atom. The summed E-state index contributed by atoms with van der Waals surface area (Å²) < 4.78 is 29.1. The lowest BCUT2D eigenvalue weighted by Crippen LogP contribution is -2.30. The molecule has 4 rings (SSSR count). The molecule has 7 nitrogen and oxygen atoms in total. The standard InChI is InChI=1S/C25H26N4O3S/c1-4-28(5-2)33(31,32)21-15-10-18(3)22(16-21)25(30)27-19-11-13-20(14-12-19)29-17-26-23-8-6-7-9-24(23)29/h6-17H,4-5H2,1-3H3,(H,27,30). The average Bonchev–Trinajstić information content (AvgIpc) is 3.24. The normalized spacial score (nSPS) is 11.8. The Morgan fingerprint density at radius 1 is 1.00 bits per heavy atom. The predicted octanol–water partition coefficient (Wildman–Crippen LogP) is 4.62. The molecule has 1 aromatic heterocycles. The molecule has 0 atom stereocenters. The van der Waals surface area contributed by atoms with E-state index in [-0.39, 0.29) is 10.8 Å². The summed E-state index contributed by atoms with van der Waals surface area (Å²) in [7, 11) is -3.65. The van der Waals surface area contributed by atoms with Crippen molar-refractivity contribution in [2.24, 2.45) is 0 Å². The number of amides is 1. The van der Waals surface area contributed by atoms with Gasteiger partial charge < -0.3 is 5.32 Å². The number of para-hydroxylation sites is 2. The highest BCUT2D eigenvalue weighted by Gasteiger charge is 2.23. The molecule has 0 radical (unpaired) electrons. The van der Waals surface area contributed by atoms with E-state index >= 15 is 0 Å². The Morgan fingerprint density at radius 2 is 1.70 bits per heavy atom. The van der Waals surface area contributed by atoms with E-state index in [2.05, 4.69) is 10.3 Å². The second-order valence-corrected chi connectivity index (χ2v) is 9.61. The minimum Gasteiger partial charge on any atom is -0.322 e. The average molecular weight is 463 g/mol. The molecule has 0 spiro atoms. The van der Waals surface area contributed by atoms with Gasteiger partial charge in [-0.1, -0.05) is 32.0 Å². The summed E-state index contributed by atoms with van der Waals surface area (Å²) in [6, 6.07) is 20.0. The van der Waals surface area contributed by atoms with Crippen molar-refractivity contribution in [1.82, 2.24) is 13.9 Å². The fourth-order valence-corrected chi connectivity index (χ4v) is 5.27. The number of fused-ring (bicyclic) bond motifs is 1. The number of sulfonamides is 1. The first-order valence-corrected chi connectivity index (χ1v) is 12.2. The second-order valence-electron chi connectivity index (χ2n) is 7.67. The number of nitrogens with zero attached hydrogens (tertiary/aromatic N) is 3. The molecule has 0 aliphatic carbocycles. The van der Waals surface area contributed by atoms with E-state index in [1.165, 1.54) is 10.4 Å². The fourth-order valence-electron chi connectivity index (χ4n) is 3.79. The quantitative estimate of drug-likeness (QED) is 0.434. The minimum atomic E-state index is -3.65. The van der Waals surface area contributed by atoms with Gasteiger partial charge in [0, 0.05) is 30.0 Å². The van der Waals surface area contributed by atoms with Gasteiger partial charge >= 0.3 is 0 Å². The largest absolute Gasteiger partial charge is 0.322 e. The van der Waals surface area contributed by atoms with Crippen LogP contribution in [0.4, 0.5) is 5.69 Å². The zero-order valence-corrected chi connectivity index (χ0v) is 19.6. The maximum Gasteiger partial charge on any atom is 0.255 e. The van der Waals surface area contributed by atoms with Gasteiger partial charge in [-0.05, 0) is 61.0 Å². The van der Waals surface area contributed by atoms with Crippen LogP contribution in [0.5, 0.6) is 0 Å². The van der Waals surface area contributed by atoms with Crippen LogP contribution in [0.2, 0.25) is 0 Å². The Balaban J connectivity index is 1.57. The van der Waals surface area contributed by atoms with Gasteiger partial charge in [0.25, 0.3) is 5.91 Å². The summed E-state index contributed by atoms with van der Waals surface area (Å²) in [6.07, 6.45) is 1.77. The van der Waals surface area contributed by atoms with Gasteiger partial charge in [-0.2, -0.15) is 4.31 Å². The maximum absolute atomic E-state index is 13.0. The maximum atomic E-state index is 13.0. The number of imidazole rings is 1. The molecule has 8 heteroatoms. The van der Waals surface area contributed by atoms with Crippen LogP contribution in [0.3, 0.4) is 0 Å². The van der Waals surface area contributed by atoms with E-state index in [1.807, 2.05) is 53.1 Å². The molecule has 0 saturated carbocycles. The number of anilines is 1. The van der Waals surface area contributed by atoms with Crippen molar-refractivity contribution in [2.45, 2.75) is 25.7 Å². The summed E-state index contributed by atoms with van der Waals surface area (Å²) >= 11 is 0. The molecule has 0 aliphatic rings. The first kappa shape index (κ1) is 22.7. The summed E-state index contributed by atoms with van der Waals surface area (Å²) in [5.41, 5.74) is 4.47. The van der Waals surface area contributed by atoms with Gasteiger partial charge in [-0.3, -0.25) is 9.36 Å². The highest BCUT2D eigenvalue weighted by Crippen LogP contribution is 2.22. The molecule has 0 fully saturated rings. The lowest BCUT2D eigenvalue weighted by molar-refractivity contribution is 0.102. The molecule has 0 saturated heterocycles. The van der Waals surface area contributed by atoms with Crippen molar-refractivity contribution in [3.8, 4) is 5.69 Å². The Kier molecular flexibility index (Phi) is 6.31. The van der Waals surface area contributed by atoms with Crippen LogP contribution < -0.4 is 5.32 Å². The van der Waals surface area contributed by atoms with E-state index in [0.29, 0.717) is 29.9 Å². The number of benzene rings is 3. The van der Waals surface area contributed by atoms with Gasteiger partial charge in [0.2, 0.25) is 10.0 Å². The number of carbonyl (C=O) groups excluding carboxylic acids is 1. The van der Waals surface area contributed by atoms with Crippen LogP contribution in [-0.2, 0) is 10.0 Å². The van der Waals surface area contributed by atoms with Crippen LogP contribution >= 0.6 is 0 Å². The predicted molar refractivity (Wildman–Crippen MR) is 130 cm³/mol. The van der Waals surface area contributed by atoms with Gasteiger partial charge in [0.05, 0.1) is 15.9 Å². The highest BCUT2D eigenvalue weighted by molar-refractivity contribution is 7.89. The van der Waals surface area contributed by atoms with E-state index in [4.69, 9.17) is 0 Å². The van der Waals surface area contributed by atoms with Crippen LogP contribution in [0, 0.1) is 6.92 Å². The molecule has 0 aliphatic heterocycles. The molecule has 33 heavy (non-hydrogen) atoms. The lowest BCUT2D eigenvalue weighted by Gasteiger charge is -2.19. The molecule has 0 bridgehead atoms. The third-order valence-electron chi connectivity index (χ3n) is 5.65. The van der Waals surface area contributed by atoms with E-state index < -0.39 is 10.0 Å². The number of aryl methyl sites for hydroxylation is 1. The number of rotatable bonds is 7. The Hall–Kier alpha value is -3.49. The van der Waals surface area contributed by atoms with Crippen LogP contribution in [0.15, 0.2) is 78.0 Å². The molecule has 0 unspecified atom stereocenters. The fraction of sp³-hybridized carbons (Fsp3) is 0.200. The number of carbonyl (C=O) groups is 1. The van der Waals surface area contributed by atoms with Crippen molar-refractivity contribution < 1.29 is 13.2 Å². The third kappa shape index (κ3) is 4.40.